The van der Waals surface area contributed by atoms with Crippen molar-refractivity contribution in [1.82, 2.24) is 10.6 Å². The third-order valence-electron chi connectivity index (χ3n) is 3.01. The molecule has 1 aromatic rings. The summed E-state index contributed by atoms with van der Waals surface area (Å²) in [4.78, 5) is 23.6. The van der Waals surface area contributed by atoms with Gasteiger partial charge in [-0.3, -0.25) is 9.59 Å². The number of amides is 2. The first kappa shape index (κ1) is 17.3. The summed E-state index contributed by atoms with van der Waals surface area (Å²) in [5.74, 6) is -0.625. The van der Waals surface area contributed by atoms with Crippen LogP contribution in [0.15, 0.2) is 24.3 Å². The van der Waals surface area contributed by atoms with E-state index < -0.39 is 0 Å². The zero-order valence-corrected chi connectivity index (χ0v) is 12.9. The summed E-state index contributed by atoms with van der Waals surface area (Å²) in [5, 5.41) is 14.4. The molecule has 7 heteroatoms. The maximum Gasteiger partial charge on any atom is 0.251 e. The molecule has 0 fully saturated rings. The maximum absolute atomic E-state index is 11.8. The molecule has 2 atom stereocenters. The molecule has 0 saturated carbocycles. The molecule has 2 amide bonds. The second-order valence-corrected chi connectivity index (χ2v) is 5.69. The van der Waals surface area contributed by atoms with Crippen molar-refractivity contribution in [3.05, 3.63) is 29.8 Å². The summed E-state index contributed by atoms with van der Waals surface area (Å²) < 4.78 is 0. The number of anilines is 1. The van der Waals surface area contributed by atoms with E-state index in [-0.39, 0.29) is 36.3 Å². The number of hydrogen-bond donors (Lipinski definition) is 4. The van der Waals surface area contributed by atoms with Crippen molar-refractivity contribution >= 4 is 29.3 Å². The van der Waals surface area contributed by atoms with E-state index in [9.17, 15) is 9.59 Å². The Morgan fingerprint density at radius 2 is 1.95 bits per heavy atom. The van der Waals surface area contributed by atoms with Crippen LogP contribution in [0.5, 0.6) is 0 Å². The first-order chi connectivity index (χ1) is 9.97. The Morgan fingerprint density at radius 3 is 2.48 bits per heavy atom. The Bertz CT molecular complexity index is 475. The number of nitrogen functional groups attached to an aromatic ring is 1. The molecule has 2 unspecified atom stereocenters. The lowest BCUT2D eigenvalue weighted by Gasteiger charge is -2.21. The molecule has 116 valence electrons. The second kappa shape index (κ2) is 8.53. The quantitative estimate of drug-likeness (QED) is 0.540. The Balaban J connectivity index is 2.42. The van der Waals surface area contributed by atoms with Gasteiger partial charge in [-0.2, -0.15) is 11.8 Å². The number of carbonyl (C=O) groups is 2. The minimum Gasteiger partial charge on any atom is -0.399 e. The van der Waals surface area contributed by atoms with E-state index in [2.05, 4.69) is 10.6 Å². The average Bonchev–Trinajstić information content (AvgIpc) is 2.46. The van der Waals surface area contributed by atoms with Gasteiger partial charge in [0.2, 0.25) is 5.91 Å². The van der Waals surface area contributed by atoms with E-state index >= 15 is 0 Å². The van der Waals surface area contributed by atoms with E-state index in [1.165, 1.54) is 11.8 Å². The predicted octanol–water partition coefficient (Wildman–Crippen LogP) is 0.227. The summed E-state index contributed by atoms with van der Waals surface area (Å²) in [6.07, 6.45) is 1.87. The van der Waals surface area contributed by atoms with Crippen molar-refractivity contribution in [3.8, 4) is 0 Å². The molecule has 21 heavy (non-hydrogen) atoms. The van der Waals surface area contributed by atoms with Crippen LogP contribution in [0.2, 0.25) is 0 Å². The lowest BCUT2D eigenvalue weighted by molar-refractivity contribution is -0.120. The van der Waals surface area contributed by atoms with Crippen LogP contribution in [-0.4, -0.2) is 47.6 Å². The molecule has 0 heterocycles. The number of aliphatic hydroxyl groups is 1. The van der Waals surface area contributed by atoms with Crippen LogP contribution in [0, 0.1) is 0 Å². The van der Waals surface area contributed by atoms with Crippen LogP contribution in [0.25, 0.3) is 0 Å². The summed E-state index contributed by atoms with van der Waals surface area (Å²) in [6.45, 7) is 1.69. The predicted molar refractivity (Wildman–Crippen MR) is 85.2 cm³/mol. The monoisotopic (exact) mass is 311 g/mol. The number of rotatable bonds is 7. The SMILES string of the molecule is CSC(CO)C(C)NC(=O)CNC(=O)c1ccc(N)cc1. The molecular weight excluding hydrogens is 290 g/mol. The number of benzene rings is 1. The Morgan fingerprint density at radius 1 is 1.33 bits per heavy atom. The Labute approximate surface area is 128 Å². The van der Waals surface area contributed by atoms with Crippen LogP contribution in [0.4, 0.5) is 5.69 Å². The van der Waals surface area contributed by atoms with E-state index in [4.69, 9.17) is 10.8 Å². The van der Waals surface area contributed by atoms with Crippen molar-refractivity contribution in [2.75, 3.05) is 25.1 Å². The fraction of sp³-hybridized carbons (Fsp3) is 0.429. The number of nitrogens with one attached hydrogen (secondary N) is 2. The third kappa shape index (κ3) is 5.65. The minimum atomic E-state index is -0.332. The maximum atomic E-state index is 11.8. The molecule has 1 aromatic carbocycles. The van der Waals surface area contributed by atoms with Gasteiger partial charge in [-0.15, -0.1) is 0 Å². The highest BCUT2D eigenvalue weighted by Gasteiger charge is 2.17. The zero-order valence-electron chi connectivity index (χ0n) is 12.1. The molecule has 0 bridgehead atoms. The summed E-state index contributed by atoms with van der Waals surface area (Å²) in [5.41, 5.74) is 6.56. The van der Waals surface area contributed by atoms with Gasteiger partial charge in [0.1, 0.15) is 0 Å². The van der Waals surface area contributed by atoms with Gasteiger partial charge in [-0.1, -0.05) is 0 Å². The van der Waals surface area contributed by atoms with Crippen molar-refractivity contribution in [2.24, 2.45) is 0 Å². The highest BCUT2D eigenvalue weighted by molar-refractivity contribution is 7.99. The lowest BCUT2D eigenvalue weighted by atomic mass is 10.2. The largest absolute Gasteiger partial charge is 0.399 e. The summed E-state index contributed by atoms with van der Waals surface area (Å²) in [6, 6.07) is 6.27. The zero-order chi connectivity index (χ0) is 15.8. The Kier molecular flexibility index (Phi) is 7.04. The van der Waals surface area contributed by atoms with Crippen molar-refractivity contribution in [1.29, 1.82) is 0 Å². The summed E-state index contributed by atoms with van der Waals surface area (Å²) in [7, 11) is 0. The molecule has 0 saturated heterocycles. The number of aliphatic hydroxyl groups excluding tert-OH is 1. The first-order valence-corrected chi connectivity index (χ1v) is 7.83. The average molecular weight is 311 g/mol. The molecule has 6 nitrogen and oxygen atoms in total. The van der Waals surface area contributed by atoms with Crippen molar-refractivity contribution in [2.45, 2.75) is 18.2 Å². The van der Waals surface area contributed by atoms with Gasteiger partial charge in [-0.05, 0) is 37.4 Å². The van der Waals surface area contributed by atoms with E-state index in [0.29, 0.717) is 11.3 Å². The van der Waals surface area contributed by atoms with E-state index in [0.717, 1.165) is 0 Å². The van der Waals surface area contributed by atoms with Gasteiger partial charge in [0.05, 0.1) is 13.2 Å². The summed E-state index contributed by atoms with van der Waals surface area (Å²) >= 11 is 1.48. The molecular formula is C14H21N3O3S. The van der Waals surface area contributed by atoms with Crippen LogP contribution in [0.3, 0.4) is 0 Å². The standard InChI is InChI=1S/C14H21N3O3S/c1-9(12(8-18)21-2)17-13(19)7-16-14(20)10-3-5-11(15)6-4-10/h3-6,9,12,18H,7-8,15H2,1-2H3,(H,16,20)(H,17,19). The number of carbonyl (C=O) groups excluding carboxylic acids is 2. The molecule has 0 radical (unpaired) electrons. The normalized spacial score (nSPS) is 13.3. The van der Waals surface area contributed by atoms with Crippen molar-refractivity contribution < 1.29 is 14.7 Å². The van der Waals surface area contributed by atoms with E-state index in [1.54, 1.807) is 24.3 Å². The van der Waals surface area contributed by atoms with Crippen LogP contribution in [0.1, 0.15) is 17.3 Å². The van der Waals surface area contributed by atoms with Crippen LogP contribution >= 0.6 is 11.8 Å². The molecule has 0 aromatic heterocycles. The van der Waals surface area contributed by atoms with Gasteiger partial charge in [0.15, 0.2) is 0 Å². The molecule has 0 aliphatic heterocycles. The molecule has 1 rings (SSSR count). The highest BCUT2D eigenvalue weighted by atomic mass is 32.2. The number of thioether (sulfide) groups is 1. The minimum absolute atomic E-state index is 0.0135. The number of nitrogens with two attached hydrogens (primary N) is 1. The number of hydrogen-bond acceptors (Lipinski definition) is 5. The highest BCUT2D eigenvalue weighted by Crippen LogP contribution is 2.10. The van der Waals surface area contributed by atoms with Gasteiger partial charge in [0.25, 0.3) is 5.91 Å². The molecule has 0 spiro atoms. The van der Waals surface area contributed by atoms with Gasteiger partial charge >= 0.3 is 0 Å². The van der Waals surface area contributed by atoms with Crippen LogP contribution in [-0.2, 0) is 4.79 Å². The topological polar surface area (TPSA) is 104 Å². The third-order valence-corrected chi connectivity index (χ3v) is 4.17. The lowest BCUT2D eigenvalue weighted by Crippen LogP contribution is -2.45. The Hall–Kier alpha value is -1.73. The van der Waals surface area contributed by atoms with Gasteiger partial charge in [0, 0.05) is 22.5 Å². The fourth-order valence-corrected chi connectivity index (χ4v) is 2.36. The van der Waals surface area contributed by atoms with Gasteiger partial charge < -0.3 is 21.5 Å². The first-order valence-electron chi connectivity index (χ1n) is 6.54. The van der Waals surface area contributed by atoms with E-state index in [1.807, 2.05) is 13.2 Å². The van der Waals surface area contributed by atoms with Crippen molar-refractivity contribution in [3.63, 3.8) is 0 Å². The molecule has 5 N–H and O–H groups in total. The fourth-order valence-electron chi connectivity index (χ4n) is 1.73. The molecule has 0 aliphatic rings. The smallest absolute Gasteiger partial charge is 0.251 e. The second-order valence-electron chi connectivity index (χ2n) is 4.62. The van der Waals surface area contributed by atoms with Crippen LogP contribution < -0.4 is 16.4 Å². The molecule has 0 aliphatic carbocycles. The van der Waals surface area contributed by atoms with Gasteiger partial charge in [-0.25, -0.2) is 0 Å².